The number of ether oxygens (including phenoxy) is 2. The van der Waals surface area contributed by atoms with E-state index in [9.17, 15) is 0 Å². The lowest BCUT2D eigenvalue weighted by Gasteiger charge is -2.16. The number of hydrogen-bond acceptors (Lipinski definition) is 4. The summed E-state index contributed by atoms with van der Waals surface area (Å²) >= 11 is 0. The highest BCUT2D eigenvalue weighted by atomic mass is 16.5. The van der Waals surface area contributed by atoms with Crippen LogP contribution in [0.1, 0.15) is 18.5 Å². The minimum Gasteiger partial charge on any atom is -0.383 e. The fourth-order valence-electron chi connectivity index (χ4n) is 2.12. The largest absolute Gasteiger partial charge is 0.383 e. The lowest BCUT2D eigenvalue weighted by molar-refractivity contribution is 0.163. The van der Waals surface area contributed by atoms with E-state index in [-0.39, 0.29) is 6.04 Å². The van der Waals surface area contributed by atoms with Crippen molar-refractivity contribution < 1.29 is 9.47 Å². The predicted molar refractivity (Wildman–Crippen MR) is 79.3 cm³/mol. The van der Waals surface area contributed by atoms with Crippen LogP contribution in [0.4, 0.5) is 11.6 Å². The van der Waals surface area contributed by atoms with Gasteiger partial charge in [-0.3, -0.25) is 0 Å². The average Bonchev–Trinajstić information content (AvgIpc) is 2.88. The molecule has 0 aliphatic heterocycles. The highest BCUT2D eigenvalue weighted by Gasteiger charge is 2.10. The molecule has 2 rings (SSSR count). The van der Waals surface area contributed by atoms with Crippen LogP contribution in [-0.4, -0.2) is 30.4 Å². The minimum atomic E-state index is 0.229. The van der Waals surface area contributed by atoms with Crippen LogP contribution >= 0.6 is 0 Å². The van der Waals surface area contributed by atoms with Crippen molar-refractivity contribution in [2.24, 2.45) is 0 Å². The standard InChI is InChI=1S/C15H21N3O2/c1-12(10-19-2)18-8-7-16-15(18)17-14-6-4-5-13(9-14)11-20-3/h4-9,12H,10-11H2,1-3H3,(H,16,17). The van der Waals surface area contributed by atoms with Gasteiger partial charge < -0.3 is 19.4 Å². The first-order valence-electron chi connectivity index (χ1n) is 6.61. The van der Waals surface area contributed by atoms with Crippen LogP contribution in [0.5, 0.6) is 0 Å². The zero-order chi connectivity index (χ0) is 14.4. The highest BCUT2D eigenvalue weighted by Crippen LogP contribution is 2.20. The van der Waals surface area contributed by atoms with E-state index in [2.05, 4.69) is 27.9 Å². The van der Waals surface area contributed by atoms with Crippen molar-refractivity contribution in [3.8, 4) is 0 Å². The molecule has 5 heteroatoms. The van der Waals surface area contributed by atoms with Crippen LogP contribution in [0, 0.1) is 0 Å². The normalized spacial score (nSPS) is 12.3. The molecule has 0 aliphatic rings. The van der Waals surface area contributed by atoms with E-state index in [1.54, 1.807) is 20.4 Å². The van der Waals surface area contributed by atoms with E-state index in [1.807, 2.05) is 24.4 Å². The van der Waals surface area contributed by atoms with E-state index in [4.69, 9.17) is 9.47 Å². The first-order valence-corrected chi connectivity index (χ1v) is 6.61. The third kappa shape index (κ3) is 3.59. The zero-order valence-corrected chi connectivity index (χ0v) is 12.2. The van der Waals surface area contributed by atoms with E-state index in [0.717, 1.165) is 17.2 Å². The van der Waals surface area contributed by atoms with Crippen LogP contribution in [-0.2, 0) is 16.1 Å². The van der Waals surface area contributed by atoms with Gasteiger partial charge in [0.15, 0.2) is 0 Å². The second-order valence-corrected chi connectivity index (χ2v) is 4.72. The average molecular weight is 275 g/mol. The van der Waals surface area contributed by atoms with Crippen LogP contribution < -0.4 is 5.32 Å². The lowest BCUT2D eigenvalue weighted by atomic mass is 10.2. The Morgan fingerprint density at radius 2 is 2.15 bits per heavy atom. The second-order valence-electron chi connectivity index (χ2n) is 4.72. The maximum atomic E-state index is 5.19. The Hall–Kier alpha value is -1.85. The number of aromatic nitrogens is 2. The molecule has 0 aliphatic carbocycles. The Kier molecular flexibility index (Phi) is 5.15. The molecule has 0 amide bonds. The van der Waals surface area contributed by atoms with Crippen molar-refractivity contribution in [1.82, 2.24) is 9.55 Å². The minimum absolute atomic E-state index is 0.229. The smallest absolute Gasteiger partial charge is 0.207 e. The third-order valence-corrected chi connectivity index (χ3v) is 3.05. The number of anilines is 2. The molecule has 2 aromatic rings. The molecule has 0 saturated heterocycles. The van der Waals surface area contributed by atoms with E-state index in [0.29, 0.717) is 13.2 Å². The molecule has 1 aromatic carbocycles. The fourth-order valence-corrected chi connectivity index (χ4v) is 2.12. The maximum absolute atomic E-state index is 5.19. The summed E-state index contributed by atoms with van der Waals surface area (Å²) in [7, 11) is 3.40. The maximum Gasteiger partial charge on any atom is 0.207 e. The number of methoxy groups -OCH3 is 2. The number of nitrogens with one attached hydrogen (secondary N) is 1. The Morgan fingerprint density at radius 3 is 2.90 bits per heavy atom. The van der Waals surface area contributed by atoms with Gasteiger partial charge in [-0.15, -0.1) is 0 Å². The summed E-state index contributed by atoms with van der Waals surface area (Å²) in [4.78, 5) is 4.36. The number of hydrogen-bond donors (Lipinski definition) is 1. The quantitative estimate of drug-likeness (QED) is 0.844. The number of benzene rings is 1. The lowest BCUT2D eigenvalue weighted by Crippen LogP contribution is -2.12. The van der Waals surface area contributed by atoms with Gasteiger partial charge in [0.1, 0.15) is 0 Å². The summed E-state index contributed by atoms with van der Waals surface area (Å²) in [6.07, 6.45) is 3.73. The molecule has 1 unspecified atom stereocenters. The molecular weight excluding hydrogens is 254 g/mol. The Bertz CT molecular complexity index is 539. The van der Waals surface area contributed by atoms with Crippen LogP contribution in [0.25, 0.3) is 0 Å². The summed E-state index contributed by atoms with van der Waals surface area (Å²) in [6.45, 7) is 3.34. The van der Waals surface area contributed by atoms with Gasteiger partial charge in [-0.2, -0.15) is 0 Å². The van der Waals surface area contributed by atoms with Gasteiger partial charge in [0, 0.05) is 32.3 Å². The summed E-state index contributed by atoms with van der Waals surface area (Å²) < 4.78 is 12.4. The van der Waals surface area contributed by atoms with Crippen LogP contribution in [0.15, 0.2) is 36.7 Å². The fraction of sp³-hybridized carbons (Fsp3) is 0.400. The summed E-state index contributed by atoms with van der Waals surface area (Å²) in [6, 6.07) is 8.34. The van der Waals surface area contributed by atoms with Gasteiger partial charge >= 0.3 is 0 Å². The predicted octanol–water partition coefficient (Wildman–Crippen LogP) is 2.98. The molecule has 1 aromatic heterocycles. The van der Waals surface area contributed by atoms with E-state index < -0.39 is 0 Å². The zero-order valence-electron chi connectivity index (χ0n) is 12.2. The summed E-state index contributed by atoms with van der Waals surface area (Å²) in [5.74, 6) is 0.809. The van der Waals surface area contributed by atoms with Gasteiger partial charge in [-0.1, -0.05) is 12.1 Å². The first kappa shape index (κ1) is 14.6. The monoisotopic (exact) mass is 275 g/mol. The molecule has 0 bridgehead atoms. The summed E-state index contributed by atoms with van der Waals surface area (Å²) in [5.41, 5.74) is 2.12. The van der Waals surface area contributed by atoms with Crippen LogP contribution in [0.2, 0.25) is 0 Å². The van der Waals surface area contributed by atoms with Crippen LogP contribution in [0.3, 0.4) is 0 Å². The van der Waals surface area contributed by atoms with Crippen molar-refractivity contribution >= 4 is 11.6 Å². The molecule has 0 radical (unpaired) electrons. The Labute approximate surface area is 119 Å². The highest BCUT2D eigenvalue weighted by molar-refractivity contribution is 5.54. The number of imidazole rings is 1. The first-order chi connectivity index (χ1) is 9.74. The van der Waals surface area contributed by atoms with Gasteiger partial charge in [0.2, 0.25) is 5.95 Å². The Morgan fingerprint density at radius 1 is 1.30 bits per heavy atom. The molecule has 1 N–H and O–H groups in total. The molecule has 0 spiro atoms. The molecule has 20 heavy (non-hydrogen) atoms. The van der Waals surface area contributed by atoms with Gasteiger partial charge in [-0.25, -0.2) is 4.98 Å². The summed E-state index contributed by atoms with van der Waals surface area (Å²) in [5, 5.41) is 3.33. The van der Waals surface area contributed by atoms with Gasteiger partial charge in [0.05, 0.1) is 19.3 Å². The molecule has 1 atom stereocenters. The van der Waals surface area contributed by atoms with Crippen molar-refractivity contribution in [2.75, 3.05) is 26.1 Å². The molecular formula is C15H21N3O2. The van der Waals surface area contributed by atoms with Gasteiger partial charge in [-0.05, 0) is 24.6 Å². The molecule has 1 heterocycles. The topological polar surface area (TPSA) is 48.3 Å². The molecule has 5 nitrogen and oxygen atoms in total. The van der Waals surface area contributed by atoms with E-state index >= 15 is 0 Å². The number of nitrogens with zero attached hydrogens (tertiary/aromatic N) is 2. The van der Waals surface area contributed by atoms with Crippen molar-refractivity contribution in [3.63, 3.8) is 0 Å². The SMILES string of the molecule is COCc1cccc(Nc2nccn2C(C)COC)c1. The molecule has 108 valence electrons. The van der Waals surface area contributed by atoms with Gasteiger partial charge in [0.25, 0.3) is 0 Å². The third-order valence-electron chi connectivity index (χ3n) is 3.05. The second kappa shape index (κ2) is 7.07. The van der Waals surface area contributed by atoms with E-state index in [1.165, 1.54) is 0 Å². The van der Waals surface area contributed by atoms with Crippen molar-refractivity contribution in [3.05, 3.63) is 42.2 Å². The Balaban J connectivity index is 2.14. The molecule has 0 fully saturated rings. The van der Waals surface area contributed by atoms with Crippen molar-refractivity contribution in [1.29, 1.82) is 0 Å². The molecule has 0 saturated carbocycles. The number of rotatable bonds is 7. The van der Waals surface area contributed by atoms with Crippen molar-refractivity contribution in [2.45, 2.75) is 19.6 Å².